The summed E-state index contributed by atoms with van der Waals surface area (Å²) in [4.78, 5) is 36.6. The first kappa shape index (κ1) is 24.7. The molecule has 0 heterocycles. The van der Waals surface area contributed by atoms with E-state index in [4.69, 9.17) is 9.47 Å². The van der Waals surface area contributed by atoms with Gasteiger partial charge in [0.1, 0.15) is 12.6 Å². The maximum absolute atomic E-state index is 12.5. The topological polar surface area (TPSA) is 114 Å². The molecule has 34 heavy (non-hydrogen) atoms. The van der Waals surface area contributed by atoms with Crippen LogP contribution in [0.2, 0.25) is 0 Å². The van der Waals surface area contributed by atoms with E-state index in [1.54, 1.807) is 0 Å². The molecule has 0 aliphatic rings. The lowest BCUT2D eigenvalue weighted by molar-refractivity contribution is -0.145. The molecule has 8 nitrogen and oxygen atoms in total. The van der Waals surface area contributed by atoms with E-state index in [0.717, 1.165) is 21.9 Å². The van der Waals surface area contributed by atoms with Crippen LogP contribution < -0.4 is 10.6 Å². The van der Waals surface area contributed by atoms with Crippen molar-refractivity contribution < 1.29 is 29.0 Å². The zero-order chi connectivity index (χ0) is 24.3. The average molecular weight is 465 g/mol. The number of esters is 1. The number of ether oxygens (including phenoxy) is 2. The van der Waals surface area contributed by atoms with E-state index in [2.05, 4.69) is 10.6 Å². The van der Waals surface area contributed by atoms with Gasteiger partial charge in [0.25, 0.3) is 0 Å². The van der Waals surface area contributed by atoms with Crippen molar-refractivity contribution in [3.8, 4) is 0 Å². The summed E-state index contributed by atoms with van der Waals surface area (Å²) in [5.41, 5.74) is 1.72. The normalized spacial score (nSPS) is 12.4. The number of benzene rings is 3. The maximum Gasteiger partial charge on any atom is 0.407 e. The highest BCUT2D eigenvalue weighted by Crippen LogP contribution is 2.20. The van der Waals surface area contributed by atoms with Gasteiger partial charge >= 0.3 is 12.1 Å². The Morgan fingerprint density at radius 3 is 2.41 bits per heavy atom. The Labute approximate surface area is 197 Å². The van der Waals surface area contributed by atoms with E-state index < -0.39 is 30.1 Å². The van der Waals surface area contributed by atoms with Crippen LogP contribution in [0, 0.1) is 0 Å². The third kappa shape index (κ3) is 7.31. The molecule has 0 aliphatic carbocycles. The Hall–Kier alpha value is -3.91. The summed E-state index contributed by atoms with van der Waals surface area (Å²) < 4.78 is 9.93. The Bertz CT molecular complexity index is 1110. The molecular formula is C26H28N2O6. The zero-order valence-electron chi connectivity index (χ0n) is 18.9. The third-order valence-corrected chi connectivity index (χ3v) is 5.24. The highest BCUT2D eigenvalue weighted by atomic mass is 16.5. The lowest BCUT2D eigenvalue weighted by Gasteiger charge is -2.19. The molecule has 0 unspecified atom stereocenters. The fourth-order valence-corrected chi connectivity index (χ4v) is 3.54. The van der Waals surface area contributed by atoms with E-state index in [1.165, 1.54) is 7.11 Å². The van der Waals surface area contributed by atoms with Gasteiger partial charge in [0.05, 0.1) is 19.6 Å². The van der Waals surface area contributed by atoms with E-state index in [-0.39, 0.29) is 26.0 Å². The minimum absolute atomic E-state index is 0.0955. The minimum atomic E-state index is -1.15. The predicted molar refractivity (Wildman–Crippen MR) is 127 cm³/mol. The van der Waals surface area contributed by atoms with Crippen LogP contribution >= 0.6 is 0 Å². The lowest BCUT2D eigenvalue weighted by Crippen LogP contribution is -2.45. The van der Waals surface area contributed by atoms with Crippen LogP contribution in [0.25, 0.3) is 10.8 Å². The number of methoxy groups -OCH3 is 1. The molecule has 0 bridgehead atoms. The smallest absolute Gasteiger partial charge is 0.407 e. The second-order valence-electron chi connectivity index (χ2n) is 7.79. The van der Waals surface area contributed by atoms with E-state index >= 15 is 0 Å². The molecule has 3 rings (SSSR count). The highest BCUT2D eigenvalue weighted by molar-refractivity contribution is 5.88. The first-order valence-electron chi connectivity index (χ1n) is 10.9. The molecule has 178 valence electrons. The monoisotopic (exact) mass is 464 g/mol. The van der Waals surface area contributed by atoms with Crippen molar-refractivity contribution in [2.45, 2.75) is 31.6 Å². The SMILES string of the molecule is COC(=O)[C@@H](Cc1cccc2ccccc12)NC(=O)C[C@@H](O)CNC(=O)OCc1ccccc1. The number of rotatable bonds is 10. The summed E-state index contributed by atoms with van der Waals surface area (Å²) in [6, 6.07) is 21.8. The van der Waals surface area contributed by atoms with Crippen LogP contribution in [0.5, 0.6) is 0 Å². The van der Waals surface area contributed by atoms with Crippen molar-refractivity contribution in [3.63, 3.8) is 0 Å². The van der Waals surface area contributed by atoms with Gasteiger partial charge in [-0.1, -0.05) is 72.8 Å². The molecular weight excluding hydrogens is 436 g/mol. The van der Waals surface area contributed by atoms with Crippen LogP contribution in [0.15, 0.2) is 72.8 Å². The predicted octanol–water partition coefficient (Wildman–Crippen LogP) is 2.72. The Morgan fingerprint density at radius 2 is 1.65 bits per heavy atom. The quantitative estimate of drug-likeness (QED) is 0.398. The molecule has 0 aromatic heterocycles. The molecule has 0 saturated carbocycles. The first-order valence-corrected chi connectivity index (χ1v) is 10.9. The number of aliphatic hydroxyl groups is 1. The highest BCUT2D eigenvalue weighted by Gasteiger charge is 2.24. The van der Waals surface area contributed by atoms with Crippen molar-refractivity contribution in [2.24, 2.45) is 0 Å². The summed E-state index contributed by atoms with van der Waals surface area (Å²) in [6.07, 6.45) is -1.92. The molecule has 0 spiro atoms. The Morgan fingerprint density at radius 1 is 0.941 bits per heavy atom. The van der Waals surface area contributed by atoms with Gasteiger partial charge in [-0.2, -0.15) is 0 Å². The summed E-state index contributed by atoms with van der Waals surface area (Å²) in [7, 11) is 1.25. The number of alkyl carbamates (subject to hydrolysis) is 1. The van der Waals surface area contributed by atoms with Crippen LogP contribution in [-0.2, 0) is 32.1 Å². The minimum Gasteiger partial charge on any atom is -0.467 e. The standard InChI is InChI=1S/C26H28N2O6/c1-33-25(31)23(14-20-12-7-11-19-10-5-6-13-22(19)20)28-24(30)15-21(29)16-27-26(32)34-17-18-8-3-2-4-9-18/h2-13,21,23,29H,14-17H2,1H3,(H,27,32)(H,28,30)/t21-,23-/m1/s1. The summed E-state index contributed by atoms with van der Waals surface area (Å²) in [5, 5.41) is 17.2. The van der Waals surface area contributed by atoms with Crippen molar-refractivity contribution in [1.29, 1.82) is 0 Å². The number of carbonyl (C=O) groups is 3. The zero-order valence-corrected chi connectivity index (χ0v) is 18.9. The van der Waals surface area contributed by atoms with Gasteiger partial charge in [0, 0.05) is 13.0 Å². The van der Waals surface area contributed by atoms with Crippen molar-refractivity contribution in [2.75, 3.05) is 13.7 Å². The molecule has 2 atom stereocenters. The molecule has 2 amide bonds. The van der Waals surface area contributed by atoms with Crippen LogP contribution in [0.4, 0.5) is 4.79 Å². The molecule has 3 aromatic carbocycles. The van der Waals surface area contributed by atoms with Crippen molar-refractivity contribution in [3.05, 3.63) is 83.9 Å². The lowest BCUT2D eigenvalue weighted by atomic mass is 9.98. The average Bonchev–Trinajstić information content (AvgIpc) is 2.86. The molecule has 0 aliphatic heterocycles. The second-order valence-corrected chi connectivity index (χ2v) is 7.79. The van der Waals surface area contributed by atoms with Crippen molar-refractivity contribution in [1.82, 2.24) is 10.6 Å². The summed E-state index contributed by atoms with van der Waals surface area (Å²) in [5.74, 6) is -1.12. The number of amides is 2. The van der Waals surface area contributed by atoms with Gasteiger partial charge in [0.15, 0.2) is 0 Å². The fourth-order valence-electron chi connectivity index (χ4n) is 3.54. The number of nitrogens with one attached hydrogen (secondary N) is 2. The van der Waals surface area contributed by atoms with Crippen LogP contribution in [-0.4, -0.2) is 48.9 Å². The van der Waals surface area contributed by atoms with Crippen molar-refractivity contribution >= 4 is 28.7 Å². The van der Waals surface area contributed by atoms with Gasteiger partial charge in [-0.15, -0.1) is 0 Å². The number of carbonyl (C=O) groups excluding carboxylic acids is 3. The molecule has 8 heteroatoms. The second kappa shape index (κ2) is 12.4. The molecule has 0 radical (unpaired) electrons. The molecule has 3 N–H and O–H groups in total. The Balaban J connectivity index is 1.50. The third-order valence-electron chi connectivity index (χ3n) is 5.24. The number of hydrogen-bond donors (Lipinski definition) is 3. The van der Waals surface area contributed by atoms with E-state index in [9.17, 15) is 19.5 Å². The fraction of sp³-hybridized carbons (Fsp3) is 0.269. The summed E-state index contributed by atoms with van der Waals surface area (Å²) >= 11 is 0. The number of aliphatic hydroxyl groups excluding tert-OH is 1. The number of fused-ring (bicyclic) bond motifs is 1. The summed E-state index contributed by atoms with van der Waals surface area (Å²) in [6.45, 7) is -0.0779. The van der Waals surface area contributed by atoms with Gasteiger partial charge in [-0.3, -0.25) is 4.79 Å². The van der Waals surface area contributed by atoms with Crippen LogP contribution in [0.1, 0.15) is 17.5 Å². The number of hydrogen-bond acceptors (Lipinski definition) is 6. The van der Waals surface area contributed by atoms with Crippen LogP contribution in [0.3, 0.4) is 0 Å². The first-order chi connectivity index (χ1) is 16.5. The van der Waals surface area contributed by atoms with Gasteiger partial charge < -0.3 is 25.2 Å². The molecule has 0 fully saturated rings. The van der Waals surface area contributed by atoms with E-state index in [1.807, 2.05) is 72.8 Å². The Kier molecular flexibility index (Phi) is 8.99. The van der Waals surface area contributed by atoms with E-state index in [0.29, 0.717) is 0 Å². The maximum atomic E-state index is 12.5. The van der Waals surface area contributed by atoms with Gasteiger partial charge in [-0.05, 0) is 21.9 Å². The molecule has 3 aromatic rings. The van der Waals surface area contributed by atoms with Gasteiger partial charge in [-0.25, -0.2) is 9.59 Å². The van der Waals surface area contributed by atoms with Gasteiger partial charge in [0.2, 0.25) is 5.91 Å². The molecule has 0 saturated heterocycles. The largest absolute Gasteiger partial charge is 0.467 e.